The summed E-state index contributed by atoms with van der Waals surface area (Å²) in [6.45, 7) is 12.1. The molecule has 1 heterocycles. The van der Waals surface area contributed by atoms with Gasteiger partial charge in [-0.15, -0.1) is 0 Å². The minimum Gasteiger partial charge on any atom is -0.382 e. The molecule has 6 heteroatoms. The summed E-state index contributed by atoms with van der Waals surface area (Å²) in [7, 11) is 0. The molecule has 1 aromatic rings. The van der Waals surface area contributed by atoms with E-state index >= 15 is 0 Å². The predicted octanol–water partition coefficient (Wildman–Crippen LogP) is 3.06. The van der Waals surface area contributed by atoms with Crippen LogP contribution in [0.4, 0.5) is 0 Å². The molecule has 1 aromatic heterocycles. The van der Waals surface area contributed by atoms with Crippen LogP contribution in [0.5, 0.6) is 0 Å². The normalized spacial score (nSPS) is 12.0. The van der Waals surface area contributed by atoms with E-state index < -0.39 is 0 Å². The Kier molecular flexibility index (Phi) is 10.1. The number of rotatable bonds is 11. The first kappa shape index (κ1) is 19.5. The molecule has 0 fully saturated rings. The summed E-state index contributed by atoms with van der Waals surface area (Å²) in [6.07, 6.45) is 3.12. The smallest absolute Gasteiger partial charge is 0.191 e. The molecule has 0 spiro atoms. The van der Waals surface area contributed by atoms with E-state index in [1.54, 1.807) is 0 Å². The molecule has 0 bridgehead atoms. The molecule has 2 N–H and O–H groups in total. The lowest BCUT2D eigenvalue weighted by molar-refractivity contribution is 0.145. The average molecular weight is 324 g/mol. The second-order valence-corrected chi connectivity index (χ2v) is 5.40. The molecule has 132 valence electrons. The quantitative estimate of drug-likeness (QED) is 0.372. The largest absolute Gasteiger partial charge is 0.382 e. The Balaban J connectivity index is 2.49. The maximum absolute atomic E-state index is 5.40. The van der Waals surface area contributed by atoms with Gasteiger partial charge in [0, 0.05) is 38.3 Å². The van der Waals surface area contributed by atoms with E-state index in [2.05, 4.69) is 41.6 Å². The van der Waals surface area contributed by atoms with Gasteiger partial charge in [0.1, 0.15) is 6.54 Å². The first-order valence-electron chi connectivity index (χ1n) is 8.80. The Morgan fingerprint density at radius 2 is 2.04 bits per heavy atom. The Morgan fingerprint density at radius 1 is 1.26 bits per heavy atom. The molecule has 0 saturated carbocycles. The Bertz CT molecular complexity index is 442. The molecule has 0 aliphatic carbocycles. The molecule has 0 aliphatic heterocycles. The lowest BCUT2D eigenvalue weighted by atomic mass is 9.99. The van der Waals surface area contributed by atoms with Crippen molar-refractivity contribution in [2.24, 2.45) is 4.99 Å². The summed E-state index contributed by atoms with van der Waals surface area (Å²) < 4.78 is 10.7. The van der Waals surface area contributed by atoms with Crippen molar-refractivity contribution in [3.8, 4) is 0 Å². The second kappa shape index (κ2) is 11.9. The predicted molar refractivity (Wildman–Crippen MR) is 93.8 cm³/mol. The molecule has 0 saturated heterocycles. The third-order valence-electron chi connectivity index (χ3n) is 3.68. The molecule has 0 aromatic carbocycles. The van der Waals surface area contributed by atoms with E-state index in [0.717, 1.165) is 63.0 Å². The van der Waals surface area contributed by atoms with Crippen LogP contribution in [0, 0.1) is 0 Å². The van der Waals surface area contributed by atoms with Crippen molar-refractivity contribution >= 4 is 5.96 Å². The maximum atomic E-state index is 5.40. The number of aliphatic imine (C=N–C) groups is 1. The highest BCUT2D eigenvalue weighted by molar-refractivity contribution is 5.79. The van der Waals surface area contributed by atoms with Crippen LogP contribution in [0.1, 0.15) is 64.3 Å². The van der Waals surface area contributed by atoms with E-state index in [-0.39, 0.29) is 0 Å². The molecular weight excluding hydrogens is 292 g/mol. The van der Waals surface area contributed by atoms with E-state index in [4.69, 9.17) is 9.26 Å². The van der Waals surface area contributed by atoms with Gasteiger partial charge in [-0.05, 0) is 33.1 Å². The summed E-state index contributed by atoms with van der Waals surface area (Å²) >= 11 is 0. The SMILES string of the molecule is CCNC(=NCc1cc(C(CC)CC)no1)NCCCOCC. The minimum absolute atomic E-state index is 0.474. The number of guanidine groups is 1. The molecular formula is C17H32N4O2. The lowest BCUT2D eigenvalue weighted by Gasteiger charge is -2.10. The molecule has 0 unspecified atom stereocenters. The number of hydrogen-bond acceptors (Lipinski definition) is 4. The Hall–Kier alpha value is -1.56. The lowest BCUT2D eigenvalue weighted by Crippen LogP contribution is -2.38. The van der Waals surface area contributed by atoms with Crippen LogP contribution in [0.2, 0.25) is 0 Å². The molecule has 0 atom stereocenters. The fraction of sp³-hybridized carbons (Fsp3) is 0.765. The van der Waals surface area contributed by atoms with Crippen LogP contribution in [-0.4, -0.2) is 37.4 Å². The highest BCUT2D eigenvalue weighted by Crippen LogP contribution is 2.22. The summed E-state index contributed by atoms with van der Waals surface area (Å²) in [4.78, 5) is 4.55. The summed E-state index contributed by atoms with van der Waals surface area (Å²) in [5, 5.41) is 10.7. The van der Waals surface area contributed by atoms with Crippen LogP contribution in [0.15, 0.2) is 15.6 Å². The molecule has 0 aliphatic rings. The fourth-order valence-corrected chi connectivity index (χ4v) is 2.33. The van der Waals surface area contributed by atoms with Gasteiger partial charge in [-0.1, -0.05) is 19.0 Å². The van der Waals surface area contributed by atoms with Gasteiger partial charge in [0.05, 0.1) is 5.69 Å². The van der Waals surface area contributed by atoms with Crippen LogP contribution >= 0.6 is 0 Å². The van der Waals surface area contributed by atoms with E-state index in [1.165, 1.54) is 0 Å². The number of aromatic nitrogens is 1. The third kappa shape index (κ3) is 7.50. The average Bonchev–Trinajstić information content (AvgIpc) is 3.02. The maximum Gasteiger partial charge on any atom is 0.191 e. The minimum atomic E-state index is 0.474. The molecule has 0 amide bonds. The fourth-order valence-electron chi connectivity index (χ4n) is 2.33. The van der Waals surface area contributed by atoms with Crippen LogP contribution in [0.25, 0.3) is 0 Å². The zero-order chi connectivity index (χ0) is 16.9. The van der Waals surface area contributed by atoms with Gasteiger partial charge < -0.3 is 19.9 Å². The number of hydrogen-bond donors (Lipinski definition) is 2. The van der Waals surface area contributed by atoms with Crippen molar-refractivity contribution in [1.29, 1.82) is 0 Å². The number of nitrogens with zero attached hydrogens (tertiary/aromatic N) is 2. The topological polar surface area (TPSA) is 71.7 Å². The first-order valence-corrected chi connectivity index (χ1v) is 8.80. The monoisotopic (exact) mass is 324 g/mol. The van der Waals surface area contributed by atoms with Gasteiger partial charge in [0.25, 0.3) is 0 Å². The highest BCUT2D eigenvalue weighted by atomic mass is 16.5. The third-order valence-corrected chi connectivity index (χ3v) is 3.68. The second-order valence-electron chi connectivity index (χ2n) is 5.40. The van der Waals surface area contributed by atoms with Gasteiger partial charge in [-0.2, -0.15) is 0 Å². The Labute approximate surface area is 140 Å². The number of nitrogens with one attached hydrogen (secondary N) is 2. The summed E-state index contributed by atoms with van der Waals surface area (Å²) in [5.74, 6) is 2.07. The van der Waals surface area contributed by atoms with Gasteiger partial charge in [-0.3, -0.25) is 0 Å². The van der Waals surface area contributed by atoms with E-state index in [9.17, 15) is 0 Å². The zero-order valence-corrected chi connectivity index (χ0v) is 15.0. The van der Waals surface area contributed by atoms with Gasteiger partial charge in [0.2, 0.25) is 0 Å². The van der Waals surface area contributed by atoms with Crippen molar-refractivity contribution < 1.29 is 9.26 Å². The highest BCUT2D eigenvalue weighted by Gasteiger charge is 2.12. The summed E-state index contributed by atoms with van der Waals surface area (Å²) in [6, 6.07) is 2.03. The van der Waals surface area contributed by atoms with Crippen molar-refractivity contribution in [3.05, 3.63) is 17.5 Å². The summed E-state index contributed by atoms with van der Waals surface area (Å²) in [5.41, 5.74) is 1.04. The van der Waals surface area contributed by atoms with Crippen LogP contribution < -0.4 is 10.6 Å². The van der Waals surface area contributed by atoms with Gasteiger partial charge in [0.15, 0.2) is 11.7 Å². The van der Waals surface area contributed by atoms with Crippen molar-refractivity contribution in [3.63, 3.8) is 0 Å². The zero-order valence-electron chi connectivity index (χ0n) is 15.0. The van der Waals surface area contributed by atoms with Gasteiger partial charge >= 0.3 is 0 Å². The van der Waals surface area contributed by atoms with Crippen LogP contribution in [-0.2, 0) is 11.3 Å². The van der Waals surface area contributed by atoms with Crippen molar-refractivity contribution in [2.45, 2.75) is 59.4 Å². The molecule has 0 radical (unpaired) electrons. The van der Waals surface area contributed by atoms with Gasteiger partial charge in [-0.25, -0.2) is 4.99 Å². The standard InChI is InChI=1S/C17H32N4O2/c1-5-14(6-2)16-12-15(23-21-16)13-20-17(18-7-3)19-10-9-11-22-8-4/h12,14H,5-11,13H2,1-4H3,(H2,18,19,20). The van der Waals surface area contributed by atoms with E-state index in [1.807, 2.05) is 13.0 Å². The first-order chi connectivity index (χ1) is 11.2. The van der Waals surface area contributed by atoms with Crippen molar-refractivity contribution in [2.75, 3.05) is 26.3 Å². The van der Waals surface area contributed by atoms with Crippen molar-refractivity contribution in [1.82, 2.24) is 15.8 Å². The van der Waals surface area contributed by atoms with E-state index in [0.29, 0.717) is 12.5 Å². The molecule has 23 heavy (non-hydrogen) atoms. The Morgan fingerprint density at radius 3 is 2.70 bits per heavy atom. The molecule has 1 rings (SSSR count). The molecule has 6 nitrogen and oxygen atoms in total. The van der Waals surface area contributed by atoms with Crippen LogP contribution in [0.3, 0.4) is 0 Å². The number of ether oxygens (including phenoxy) is 1.